The fraction of sp³-hybridized carbons (Fsp3) is 0.200. The summed E-state index contributed by atoms with van der Waals surface area (Å²) in [7, 11) is 0. The molecular weight excluding hydrogens is 346 g/mol. The van der Waals surface area contributed by atoms with Gasteiger partial charge in [-0.1, -0.05) is 60.4 Å². The summed E-state index contributed by atoms with van der Waals surface area (Å²) in [5, 5.41) is 0. The molecule has 3 nitrogen and oxygen atoms in total. The van der Waals surface area contributed by atoms with Crippen LogP contribution in [0.1, 0.15) is 28.3 Å². The number of nitrogens with zero attached hydrogens (tertiary/aromatic N) is 1. The average Bonchev–Trinajstić information content (AvgIpc) is 3.21. The lowest BCUT2D eigenvalue weighted by atomic mass is 9.92. The quantitative estimate of drug-likeness (QED) is 0.620. The van der Waals surface area contributed by atoms with E-state index in [1.165, 1.54) is 16.7 Å². The van der Waals surface area contributed by atoms with E-state index in [9.17, 15) is 0 Å². The first kappa shape index (κ1) is 16.9. The van der Waals surface area contributed by atoms with Crippen LogP contribution in [0.15, 0.2) is 72.8 Å². The van der Waals surface area contributed by atoms with E-state index < -0.39 is 0 Å². The van der Waals surface area contributed by atoms with Crippen molar-refractivity contribution in [2.75, 3.05) is 13.3 Å². The molecule has 0 aliphatic carbocycles. The van der Waals surface area contributed by atoms with E-state index >= 15 is 0 Å². The molecule has 0 fully saturated rings. The van der Waals surface area contributed by atoms with Gasteiger partial charge in [-0.2, -0.15) is 0 Å². The minimum Gasteiger partial charge on any atom is -0.454 e. The van der Waals surface area contributed by atoms with Crippen molar-refractivity contribution in [3.63, 3.8) is 0 Å². The van der Waals surface area contributed by atoms with Gasteiger partial charge >= 0.3 is 0 Å². The Hall–Kier alpha value is -3.22. The molecule has 2 heterocycles. The van der Waals surface area contributed by atoms with Crippen LogP contribution < -0.4 is 9.47 Å². The van der Waals surface area contributed by atoms with Crippen molar-refractivity contribution in [2.45, 2.75) is 19.0 Å². The smallest absolute Gasteiger partial charge is 0.231 e. The first-order valence-corrected chi connectivity index (χ1v) is 9.64. The van der Waals surface area contributed by atoms with Crippen LogP contribution in [0.25, 0.3) is 0 Å². The van der Waals surface area contributed by atoms with E-state index in [2.05, 4.69) is 65.3 Å². The summed E-state index contributed by atoms with van der Waals surface area (Å²) >= 11 is 0. The zero-order valence-electron chi connectivity index (χ0n) is 15.6. The third kappa shape index (κ3) is 3.35. The maximum atomic E-state index is 5.55. The fourth-order valence-corrected chi connectivity index (χ4v) is 3.90. The van der Waals surface area contributed by atoms with Crippen LogP contribution in [0, 0.1) is 11.8 Å². The predicted octanol–water partition coefficient (Wildman–Crippen LogP) is 4.57. The van der Waals surface area contributed by atoms with Gasteiger partial charge in [-0.3, -0.25) is 4.90 Å². The Morgan fingerprint density at radius 2 is 1.71 bits per heavy atom. The highest BCUT2D eigenvalue weighted by Crippen LogP contribution is 2.35. The summed E-state index contributed by atoms with van der Waals surface area (Å²) in [4.78, 5) is 2.45. The van der Waals surface area contributed by atoms with E-state index in [4.69, 9.17) is 9.47 Å². The highest BCUT2D eigenvalue weighted by molar-refractivity contribution is 5.45. The number of hydrogen-bond donors (Lipinski definition) is 0. The van der Waals surface area contributed by atoms with Crippen LogP contribution in [-0.2, 0) is 13.0 Å². The Labute approximate surface area is 165 Å². The highest BCUT2D eigenvalue weighted by Gasteiger charge is 2.26. The largest absolute Gasteiger partial charge is 0.454 e. The number of rotatable bonds is 2. The van der Waals surface area contributed by atoms with Gasteiger partial charge < -0.3 is 9.47 Å². The van der Waals surface area contributed by atoms with Crippen LogP contribution in [0.3, 0.4) is 0 Å². The molecule has 0 N–H and O–H groups in total. The van der Waals surface area contributed by atoms with Gasteiger partial charge in [-0.25, -0.2) is 0 Å². The molecule has 3 heteroatoms. The summed E-state index contributed by atoms with van der Waals surface area (Å²) < 4.78 is 11.0. The summed E-state index contributed by atoms with van der Waals surface area (Å²) in [6.45, 7) is 2.12. The zero-order valence-corrected chi connectivity index (χ0v) is 15.6. The third-order valence-corrected chi connectivity index (χ3v) is 5.33. The maximum absolute atomic E-state index is 5.55. The van der Waals surface area contributed by atoms with Crippen molar-refractivity contribution < 1.29 is 9.47 Å². The van der Waals surface area contributed by atoms with Crippen molar-refractivity contribution in [3.8, 4) is 23.3 Å². The minimum atomic E-state index is 0.0792. The lowest BCUT2D eigenvalue weighted by Crippen LogP contribution is -2.34. The molecule has 0 amide bonds. The first-order chi connectivity index (χ1) is 13.9. The molecular formula is C25H21NO2. The molecule has 2 aliphatic heterocycles. The Balaban J connectivity index is 1.47. The van der Waals surface area contributed by atoms with E-state index in [1.807, 2.05) is 24.3 Å². The second kappa shape index (κ2) is 7.42. The Morgan fingerprint density at radius 1 is 0.893 bits per heavy atom. The minimum absolute atomic E-state index is 0.0792. The summed E-state index contributed by atoms with van der Waals surface area (Å²) in [5.41, 5.74) is 4.98. The molecule has 3 aromatic rings. The molecule has 5 rings (SSSR count). The molecule has 0 aromatic heterocycles. The summed E-state index contributed by atoms with van der Waals surface area (Å²) in [5.74, 6) is 8.58. The van der Waals surface area contributed by atoms with Crippen LogP contribution in [0.4, 0.5) is 0 Å². The van der Waals surface area contributed by atoms with E-state index in [-0.39, 0.29) is 6.04 Å². The second-order valence-corrected chi connectivity index (χ2v) is 7.14. The van der Waals surface area contributed by atoms with Gasteiger partial charge in [0.05, 0.1) is 6.04 Å². The average molecular weight is 367 g/mol. The molecule has 0 spiro atoms. The predicted molar refractivity (Wildman–Crippen MR) is 109 cm³/mol. The van der Waals surface area contributed by atoms with Crippen molar-refractivity contribution in [2.24, 2.45) is 0 Å². The molecule has 0 unspecified atom stereocenters. The first-order valence-electron chi connectivity index (χ1n) is 9.64. The van der Waals surface area contributed by atoms with Gasteiger partial charge in [-0.05, 0) is 47.4 Å². The van der Waals surface area contributed by atoms with Crippen molar-refractivity contribution in [1.82, 2.24) is 4.90 Å². The maximum Gasteiger partial charge on any atom is 0.231 e. The number of ether oxygens (including phenoxy) is 2. The van der Waals surface area contributed by atoms with E-state index in [0.717, 1.165) is 36.6 Å². The molecule has 0 saturated carbocycles. The van der Waals surface area contributed by atoms with Crippen molar-refractivity contribution >= 4 is 0 Å². The normalized spacial score (nSPS) is 17.5. The lowest BCUT2D eigenvalue weighted by molar-refractivity contribution is 0.173. The topological polar surface area (TPSA) is 21.7 Å². The van der Waals surface area contributed by atoms with Gasteiger partial charge in [0.2, 0.25) is 6.79 Å². The SMILES string of the molecule is C(#C[C@H]1c2ccccc2CCN1Cc1ccc2c(c1)OCO2)c1ccccc1. The van der Waals surface area contributed by atoms with Crippen molar-refractivity contribution in [1.29, 1.82) is 0 Å². The molecule has 1 atom stereocenters. The molecule has 0 bridgehead atoms. The van der Waals surface area contributed by atoms with Crippen LogP contribution in [0.5, 0.6) is 11.5 Å². The zero-order chi connectivity index (χ0) is 18.8. The number of benzene rings is 3. The van der Waals surface area contributed by atoms with Gasteiger partial charge in [0.15, 0.2) is 11.5 Å². The molecule has 28 heavy (non-hydrogen) atoms. The van der Waals surface area contributed by atoms with Crippen LogP contribution in [-0.4, -0.2) is 18.2 Å². The second-order valence-electron chi connectivity index (χ2n) is 7.14. The standard InChI is InChI=1S/C25H21NO2/c1-2-6-19(7-3-1)10-12-23-22-9-5-4-8-21(22)14-15-26(23)17-20-11-13-24-25(16-20)28-18-27-24/h1-9,11,13,16,23H,14-15,17-18H2/t23-/m0/s1. The number of fused-ring (bicyclic) bond motifs is 2. The van der Waals surface area contributed by atoms with E-state index in [1.54, 1.807) is 0 Å². The van der Waals surface area contributed by atoms with Gasteiger partial charge in [-0.15, -0.1) is 0 Å². The van der Waals surface area contributed by atoms with Gasteiger partial charge in [0.1, 0.15) is 0 Å². The fourth-order valence-electron chi connectivity index (χ4n) is 3.90. The third-order valence-electron chi connectivity index (χ3n) is 5.33. The molecule has 0 radical (unpaired) electrons. The summed E-state index contributed by atoms with van der Waals surface area (Å²) in [6.07, 6.45) is 1.05. The highest BCUT2D eigenvalue weighted by atomic mass is 16.7. The van der Waals surface area contributed by atoms with Crippen molar-refractivity contribution in [3.05, 3.63) is 95.1 Å². The summed E-state index contributed by atoms with van der Waals surface area (Å²) in [6, 6.07) is 25.2. The molecule has 2 aliphatic rings. The molecule has 138 valence electrons. The van der Waals surface area contributed by atoms with Gasteiger partial charge in [0, 0.05) is 18.7 Å². The Bertz CT molecular complexity index is 1050. The van der Waals surface area contributed by atoms with Crippen LogP contribution in [0.2, 0.25) is 0 Å². The monoisotopic (exact) mass is 367 g/mol. The molecule has 0 saturated heterocycles. The lowest BCUT2D eigenvalue weighted by Gasteiger charge is -2.34. The number of hydrogen-bond acceptors (Lipinski definition) is 3. The molecule has 3 aromatic carbocycles. The Morgan fingerprint density at radius 3 is 2.64 bits per heavy atom. The van der Waals surface area contributed by atoms with Crippen LogP contribution >= 0.6 is 0 Å². The Kier molecular flexibility index (Phi) is 4.48. The van der Waals surface area contributed by atoms with E-state index in [0.29, 0.717) is 6.79 Å². The van der Waals surface area contributed by atoms with Gasteiger partial charge in [0.25, 0.3) is 0 Å².